The van der Waals surface area contributed by atoms with Crippen LogP contribution in [0.25, 0.3) is 0 Å². The van der Waals surface area contributed by atoms with Crippen LogP contribution in [-0.2, 0) is 0 Å². The molecule has 0 saturated heterocycles. The molecule has 0 unspecified atom stereocenters. The third kappa shape index (κ3) is 8.05. The van der Waals surface area contributed by atoms with E-state index < -0.39 is 5.31 Å². The molecule has 0 aliphatic carbocycles. The van der Waals surface area contributed by atoms with Crippen molar-refractivity contribution in [3.05, 3.63) is 0 Å². The summed E-state index contributed by atoms with van der Waals surface area (Å²) in [4.78, 5) is 0. The van der Waals surface area contributed by atoms with E-state index in [9.17, 15) is 0 Å². The van der Waals surface area contributed by atoms with E-state index >= 15 is 0 Å². The summed E-state index contributed by atoms with van der Waals surface area (Å²) in [7, 11) is 0. The quantitative estimate of drug-likeness (QED) is 0.238. The van der Waals surface area contributed by atoms with Crippen LogP contribution in [-0.4, -0.2) is 24.6 Å². The summed E-state index contributed by atoms with van der Waals surface area (Å²) in [5.74, 6) is 0. The molecule has 0 aromatic carbocycles. The Bertz CT molecular complexity index is 191. The van der Waals surface area contributed by atoms with Gasteiger partial charge in [0.05, 0.1) is 0 Å². The summed E-state index contributed by atoms with van der Waals surface area (Å²) in [6.45, 7) is 9.37. The van der Waals surface area contributed by atoms with E-state index in [1.807, 2.05) is 0 Å². The second-order valence-corrected chi connectivity index (χ2v) is 17.9. The molecule has 0 rings (SSSR count). The van der Waals surface area contributed by atoms with E-state index in [0.29, 0.717) is 0 Å². The van der Waals surface area contributed by atoms with Crippen LogP contribution < -0.4 is 0 Å². The van der Waals surface area contributed by atoms with Crippen LogP contribution >= 0.6 is 20.8 Å². The maximum absolute atomic E-state index is 4.46. The van der Waals surface area contributed by atoms with Gasteiger partial charge in [0.25, 0.3) is 0 Å². The molecule has 0 radical (unpaired) electrons. The van der Waals surface area contributed by atoms with E-state index in [2.05, 4.69) is 43.2 Å². The van der Waals surface area contributed by atoms with Gasteiger partial charge in [-0.3, -0.25) is 0 Å². The summed E-state index contributed by atoms with van der Waals surface area (Å²) >= 11 is 4.46. The van der Waals surface area contributed by atoms with Gasteiger partial charge in [0, 0.05) is 0 Å². The molecule has 0 aliphatic heterocycles. The molecule has 0 N–H and O–H groups in total. The van der Waals surface area contributed by atoms with Gasteiger partial charge in [0.2, 0.25) is 0 Å². The first-order chi connectivity index (χ1) is 9.04. The Labute approximate surface area is 131 Å². The average molecular weight is 353 g/mol. The fourth-order valence-electron chi connectivity index (χ4n) is 3.09. The Hall–Kier alpha value is 0.910. The molecular formula is C17H38BrP. The van der Waals surface area contributed by atoms with Gasteiger partial charge in [-0.05, 0) is 0 Å². The summed E-state index contributed by atoms with van der Waals surface area (Å²) in [5.41, 5.74) is 0. The zero-order valence-corrected chi connectivity index (χ0v) is 16.5. The first kappa shape index (κ1) is 19.9. The predicted molar refractivity (Wildman–Crippen MR) is 99.6 cm³/mol. The van der Waals surface area contributed by atoms with E-state index in [0.717, 1.165) is 0 Å². The molecule has 0 aromatic rings. The van der Waals surface area contributed by atoms with Crippen LogP contribution in [0, 0.1) is 0 Å². The molecule has 0 amide bonds. The van der Waals surface area contributed by atoms with Crippen molar-refractivity contribution in [2.24, 2.45) is 0 Å². The molecule has 0 aromatic heterocycles. The molecule has 0 aliphatic rings. The van der Waals surface area contributed by atoms with Crippen molar-refractivity contribution >= 4 is 20.8 Å². The minimum atomic E-state index is -1.57. The van der Waals surface area contributed by atoms with Crippen LogP contribution in [0.1, 0.15) is 85.5 Å². The van der Waals surface area contributed by atoms with Crippen molar-refractivity contribution in [2.45, 2.75) is 85.5 Å². The van der Waals surface area contributed by atoms with Crippen molar-refractivity contribution in [1.29, 1.82) is 0 Å². The fourth-order valence-corrected chi connectivity index (χ4v) is 11.8. The molecule has 0 fully saturated rings. The van der Waals surface area contributed by atoms with Crippen molar-refractivity contribution in [3.8, 4) is 0 Å². The molecule has 2 heteroatoms. The standard InChI is InChI=1S/C17H38BrP/c1-5-9-13-17-19(18,14-10-6-2,15-11-7-3)16-12-8-4/h5-17H2,1-4H3. The van der Waals surface area contributed by atoms with Crippen LogP contribution in [0.2, 0.25) is 0 Å². The molecule has 0 spiro atoms. The number of hydrogen-bond acceptors (Lipinski definition) is 0. The number of unbranched alkanes of at least 4 members (excludes halogenated alkanes) is 5. The zero-order valence-electron chi connectivity index (χ0n) is 14.0. The van der Waals surface area contributed by atoms with Crippen LogP contribution in [0.5, 0.6) is 0 Å². The molecule has 0 bridgehead atoms. The van der Waals surface area contributed by atoms with Crippen molar-refractivity contribution in [1.82, 2.24) is 0 Å². The van der Waals surface area contributed by atoms with Crippen LogP contribution in [0.4, 0.5) is 0 Å². The van der Waals surface area contributed by atoms with Crippen LogP contribution in [0.3, 0.4) is 0 Å². The minimum absolute atomic E-state index is 1.36. The monoisotopic (exact) mass is 352 g/mol. The molecule has 0 saturated carbocycles. The molecule has 0 heterocycles. The van der Waals surface area contributed by atoms with E-state index in [4.69, 9.17) is 0 Å². The van der Waals surface area contributed by atoms with E-state index in [1.165, 1.54) is 82.4 Å². The number of hydrogen-bond donors (Lipinski definition) is 0. The third-order valence-corrected chi connectivity index (χ3v) is 14.5. The second-order valence-electron chi connectivity index (χ2n) is 6.48. The summed E-state index contributed by atoms with van der Waals surface area (Å²) in [5, 5.41) is -1.57. The second kappa shape index (κ2) is 10.6. The summed E-state index contributed by atoms with van der Waals surface area (Å²) in [6, 6.07) is 0. The summed E-state index contributed by atoms with van der Waals surface area (Å²) in [6.07, 6.45) is 18.6. The molecular weight excluding hydrogens is 315 g/mol. The van der Waals surface area contributed by atoms with Gasteiger partial charge in [-0.25, -0.2) is 0 Å². The molecule has 0 nitrogen and oxygen atoms in total. The Balaban J connectivity index is 4.81. The van der Waals surface area contributed by atoms with Gasteiger partial charge in [-0.2, -0.15) is 0 Å². The topological polar surface area (TPSA) is 0 Å². The normalized spacial score (nSPS) is 14.3. The van der Waals surface area contributed by atoms with Gasteiger partial charge in [-0.1, -0.05) is 0 Å². The van der Waals surface area contributed by atoms with Crippen molar-refractivity contribution in [2.75, 3.05) is 24.6 Å². The predicted octanol–water partition coefficient (Wildman–Crippen LogP) is 7.44. The number of halogens is 1. The Morgan fingerprint density at radius 3 is 1.16 bits per heavy atom. The van der Waals surface area contributed by atoms with E-state index in [1.54, 1.807) is 0 Å². The number of rotatable bonds is 13. The average Bonchev–Trinajstić information content (AvgIpc) is 2.42. The zero-order chi connectivity index (χ0) is 14.6. The van der Waals surface area contributed by atoms with Crippen LogP contribution in [0.15, 0.2) is 0 Å². The van der Waals surface area contributed by atoms with Gasteiger partial charge in [-0.15, -0.1) is 0 Å². The summed E-state index contributed by atoms with van der Waals surface area (Å²) < 4.78 is 0. The third-order valence-electron chi connectivity index (χ3n) is 4.53. The fraction of sp³-hybridized carbons (Fsp3) is 1.00. The first-order valence-electron chi connectivity index (χ1n) is 8.76. The molecule has 0 atom stereocenters. The SMILES string of the molecule is CCCCCP(Br)(CCCC)(CCCC)CCCC. The Morgan fingerprint density at radius 2 is 0.842 bits per heavy atom. The van der Waals surface area contributed by atoms with Gasteiger partial charge < -0.3 is 0 Å². The molecule has 19 heavy (non-hydrogen) atoms. The van der Waals surface area contributed by atoms with Crippen molar-refractivity contribution in [3.63, 3.8) is 0 Å². The Morgan fingerprint density at radius 1 is 0.526 bits per heavy atom. The Kier molecular flexibility index (Phi) is 11.1. The molecule has 118 valence electrons. The van der Waals surface area contributed by atoms with Gasteiger partial charge in [0.1, 0.15) is 0 Å². The van der Waals surface area contributed by atoms with Gasteiger partial charge in [0.15, 0.2) is 0 Å². The maximum atomic E-state index is 4.46. The van der Waals surface area contributed by atoms with Gasteiger partial charge >= 0.3 is 131 Å². The van der Waals surface area contributed by atoms with Crippen molar-refractivity contribution < 1.29 is 0 Å². The first-order valence-corrected chi connectivity index (χ1v) is 13.8. The van der Waals surface area contributed by atoms with E-state index in [-0.39, 0.29) is 0 Å².